The van der Waals surface area contributed by atoms with Crippen LogP contribution in [0.2, 0.25) is 0 Å². The molecule has 0 fully saturated rings. The molecule has 1 rings (SSSR count). The molecule has 0 heterocycles. The van der Waals surface area contributed by atoms with E-state index in [-0.39, 0.29) is 12.1 Å². The van der Waals surface area contributed by atoms with E-state index in [1.54, 1.807) is 12.1 Å². The average molecular weight is 263 g/mol. The molecule has 0 aliphatic rings. The van der Waals surface area contributed by atoms with E-state index in [4.69, 9.17) is 5.73 Å². The summed E-state index contributed by atoms with van der Waals surface area (Å²) < 4.78 is 0. The molecule has 0 bridgehead atoms. The van der Waals surface area contributed by atoms with Gasteiger partial charge in [-0.15, -0.1) is 0 Å². The van der Waals surface area contributed by atoms with Gasteiger partial charge in [-0.1, -0.05) is 20.3 Å². The minimum atomic E-state index is -0.0347. The SMILES string of the molecule is CCCCN(C(=O)Nc1ccc(N)cc1)C(C)CC. The lowest BCUT2D eigenvalue weighted by molar-refractivity contribution is 0.189. The minimum absolute atomic E-state index is 0.0347. The van der Waals surface area contributed by atoms with Gasteiger partial charge in [0.05, 0.1) is 0 Å². The van der Waals surface area contributed by atoms with Crippen molar-refractivity contribution in [3.05, 3.63) is 24.3 Å². The van der Waals surface area contributed by atoms with Gasteiger partial charge in [-0.25, -0.2) is 4.79 Å². The first-order valence-corrected chi connectivity index (χ1v) is 7.01. The van der Waals surface area contributed by atoms with E-state index in [2.05, 4.69) is 26.1 Å². The number of benzene rings is 1. The molecular weight excluding hydrogens is 238 g/mol. The maximum Gasteiger partial charge on any atom is 0.322 e. The van der Waals surface area contributed by atoms with Gasteiger partial charge in [0, 0.05) is 24.0 Å². The number of unbranched alkanes of at least 4 members (excludes halogenated alkanes) is 1. The fourth-order valence-corrected chi connectivity index (χ4v) is 1.83. The zero-order valence-corrected chi connectivity index (χ0v) is 12.1. The number of carbonyl (C=O) groups is 1. The summed E-state index contributed by atoms with van der Waals surface area (Å²) in [6.45, 7) is 7.11. The summed E-state index contributed by atoms with van der Waals surface area (Å²) in [7, 11) is 0. The quantitative estimate of drug-likeness (QED) is 0.769. The lowest BCUT2D eigenvalue weighted by atomic mass is 10.2. The monoisotopic (exact) mass is 263 g/mol. The number of hydrogen-bond donors (Lipinski definition) is 2. The third kappa shape index (κ3) is 4.81. The van der Waals surface area contributed by atoms with Crippen molar-refractivity contribution in [3.63, 3.8) is 0 Å². The van der Waals surface area contributed by atoms with Crippen LogP contribution in [0.25, 0.3) is 0 Å². The first-order chi connectivity index (χ1) is 9.08. The standard InChI is InChI=1S/C15H25N3O/c1-4-6-11-18(12(3)5-2)15(19)17-14-9-7-13(16)8-10-14/h7-10,12H,4-6,11,16H2,1-3H3,(H,17,19). The van der Waals surface area contributed by atoms with Gasteiger partial charge in [0.2, 0.25) is 0 Å². The van der Waals surface area contributed by atoms with Crippen molar-refractivity contribution in [3.8, 4) is 0 Å². The Labute approximate surface area is 116 Å². The fraction of sp³-hybridized carbons (Fsp3) is 0.533. The lowest BCUT2D eigenvalue weighted by Crippen LogP contribution is -2.41. The van der Waals surface area contributed by atoms with Crippen molar-refractivity contribution in [1.29, 1.82) is 0 Å². The van der Waals surface area contributed by atoms with Crippen LogP contribution in [0.15, 0.2) is 24.3 Å². The topological polar surface area (TPSA) is 58.4 Å². The molecule has 1 atom stereocenters. The second-order valence-electron chi connectivity index (χ2n) is 4.86. The zero-order valence-electron chi connectivity index (χ0n) is 12.1. The molecule has 0 saturated carbocycles. The van der Waals surface area contributed by atoms with Crippen molar-refractivity contribution < 1.29 is 4.79 Å². The molecule has 0 aliphatic heterocycles. The Hall–Kier alpha value is -1.71. The fourth-order valence-electron chi connectivity index (χ4n) is 1.83. The highest BCUT2D eigenvalue weighted by atomic mass is 16.2. The zero-order chi connectivity index (χ0) is 14.3. The van der Waals surface area contributed by atoms with Crippen LogP contribution in [0.3, 0.4) is 0 Å². The van der Waals surface area contributed by atoms with E-state index in [0.29, 0.717) is 5.69 Å². The Morgan fingerprint density at radius 1 is 1.32 bits per heavy atom. The summed E-state index contributed by atoms with van der Waals surface area (Å²) in [4.78, 5) is 14.2. The number of nitrogens with two attached hydrogens (primary N) is 1. The molecule has 0 radical (unpaired) electrons. The summed E-state index contributed by atoms with van der Waals surface area (Å²) in [6, 6.07) is 7.43. The van der Waals surface area contributed by atoms with Crippen molar-refractivity contribution in [2.45, 2.75) is 46.1 Å². The van der Waals surface area contributed by atoms with Gasteiger partial charge >= 0.3 is 6.03 Å². The Balaban J connectivity index is 2.67. The van der Waals surface area contributed by atoms with Crippen LogP contribution in [0, 0.1) is 0 Å². The van der Waals surface area contributed by atoms with Gasteiger partial charge in [-0.3, -0.25) is 0 Å². The third-order valence-corrected chi connectivity index (χ3v) is 3.30. The van der Waals surface area contributed by atoms with Crippen LogP contribution in [-0.2, 0) is 0 Å². The molecule has 2 amide bonds. The summed E-state index contributed by atoms with van der Waals surface area (Å²) >= 11 is 0. The van der Waals surface area contributed by atoms with Crippen molar-refractivity contribution >= 4 is 17.4 Å². The van der Waals surface area contributed by atoms with E-state index in [9.17, 15) is 4.79 Å². The molecule has 1 aromatic carbocycles. The second-order valence-corrected chi connectivity index (χ2v) is 4.86. The van der Waals surface area contributed by atoms with Crippen LogP contribution >= 0.6 is 0 Å². The number of nitrogen functional groups attached to an aromatic ring is 1. The number of anilines is 2. The summed E-state index contributed by atoms with van der Waals surface area (Å²) in [5.41, 5.74) is 7.11. The van der Waals surface area contributed by atoms with Crippen molar-refractivity contribution in [1.82, 2.24) is 4.90 Å². The summed E-state index contributed by atoms with van der Waals surface area (Å²) in [5, 5.41) is 2.92. The Morgan fingerprint density at radius 3 is 2.47 bits per heavy atom. The molecule has 3 N–H and O–H groups in total. The summed E-state index contributed by atoms with van der Waals surface area (Å²) in [6.07, 6.45) is 3.07. The average Bonchev–Trinajstić information content (AvgIpc) is 2.41. The molecule has 106 valence electrons. The Kier molecular flexibility index (Phi) is 6.19. The number of nitrogens with zero attached hydrogens (tertiary/aromatic N) is 1. The molecular formula is C15H25N3O. The first kappa shape index (κ1) is 15.3. The highest BCUT2D eigenvalue weighted by Gasteiger charge is 2.18. The highest BCUT2D eigenvalue weighted by molar-refractivity contribution is 5.89. The van der Waals surface area contributed by atoms with E-state index in [1.807, 2.05) is 17.0 Å². The molecule has 4 nitrogen and oxygen atoms in total. The predicted molar refractivity (Wildman–Crippen MR) is 81.2 cm³/mol. The maximum atomic E-state index is 12.3. The molecule has 1 unspecified atom stereocenters. The first-order valence-electron chi connectivity index (χ1n) is 7.01. The third-order valence-electron chi connectivity index (χ3n) is 3.30. The molecule has 0 aliphatic carbocycles. The normalized spacial score (nSPS) is 11.9. The molecule has 0 saturated heterocycles. The van der Waals surface area contributed by atoms with Gasteiger partial charge in [-0.05, 0) is 44.0 Å². The van der Waals surface area contributed by atoms with E-state index in [1.165, 1.54) is 0 Å². The van der Waals surface area contributed by atoms with Gasteiger partial charge in [0.25, 0.3) is 0 Å². The van der Waals surface area contributed by atoms with Gasteiger partial charge < -0.3 is 16.0 Å². The number of rotatable bonds is 6. The maximum absolute atomic E-state index is 12.3. The lowest BCUT2D eigenvalue weighted by Gasteiger charge is -2.28. The molecule has 4 heteroatoms. The number of carbonyl (C=O) groups excluding carboxylic acids is 1. The van der Waals surface area contributed by atoms with E-state index >= 15 is 0 Å². The Morgan fingerprint density at radius 2 is 1.95 bits per heavy atom. The smallest absolute Gasteiger partial charge is 0.322 e. The summed E-state index contributed by atoms with van der Waals surface area (Å²) in [5.74, 6) is 0. The molecule has 1 aromatic rings. The predicted octanol–water partition coefficient (Wildman–Crippen LogP) is 3.70. The number of amides is 2. The van der Waals surface area contributed by atoms with E-state index < -0.39 is 0 Å². The number of hydrogen-bond acceptors (Lipinski definition) is 2. The Bertz CT molecular complexity index is 389. The van der Waals surface area contributed by atoms with Crippen LogP contribution in [0.4, 0.5) is 16.2 Å². The van der Waals surface area contributed by atoms with Gasteiger partial charge in [0.1, 0.15) is 0 Å². The van der Waals surface area contributed by atoms with Crippen LogP contribution in [-0.4, -0.2) is 23.5 Å². The van der Waals surface area contributed by atoms with Crippen molar-refractivity contribution in [2.24, 2.45) is 0 Å². The molecule has 0 aromatic heterocycles. The highest BCUT2D eigenvalue weighted by Crippen LogP contribution is 2.13. The van der Waals surface area contributed by atoms with Crippen LogP contribution in [0.1, 0.15) is 40.0 Å². The number of nitrogens with one attached hydrogen (secondary N) is 1. The second kappa shape index (κ2) is 7.67. The largest absolute Gasteiger partial charge is 0.399 e. The molecule has 0 spiro atoms. The van der Waals surface area contributed by atoms with Gasteiger partial charge in [-0.2, -0.15) is 0 Å². The van der Waals surface area contributed by atoms with E-state index in [0.717, 1.165) is 31.5 Å². The van der Waals surface area contributed by atoms with Gasteiger partial charge in [0.15, 0.2) is 0 Å². The molecule has 19 heavy (non-hydrogen) atoms. The van der Waals surface area contributed by atoms with Crippen LogP contribution < -0.4 is 11.1 Å². The number of urea groups is 1. The van der Waals surface area contributed by atoms with Crippen molar-refractivity contribution in [2.75, 3.05) is 17.6 Å². The minimum Gasteiger partial charge on any atom is -0.399 e. The van der Waals surface area contributed by atoms with Crippen LogP contribution in [0.5, 0.6) is 0 Å².